The number of fused-ring (bicyclic) bond motifs is 1. The molecule has 0 spiro atoms. The van der Waals surface area contributed by atoms with Gasteiger partial charge in [-0.05, 0) is 24.1 Å². The van der Waals surface area contributed by atoms with Gasteiger partial charge in [-0.1, -0.05) is 33.6 Å². The predicted octanol–water partition coefficient (Wildman–Crippen LogP) is 3.25. The van der Waals surface area contributed by atoms with Crippen LogP contribution in [0.5, 0.6) is 0 Å². The van der Waals surface area contributed by atoms with Crippen LogP contribution < -0.4 is 5.32 Å². The number of alkyl halides is 1. The van der Waals surface area contributed by atoms with Gasteiger partial charge < -0.3 is 0 Å². The largest absolute Gasteiger partial charge is 0.291 e. The lowest BCUT2D eigenvalue weighted by Crippen LogP contribution is -2.39. The second kappa shape index (κ2) is 3.77. The number of hydrogen-bond acceptors (Lipinski definition) is 1. The molecule has 0 amide bonds. The lowest BCUT2D eigenvalue weighted by molar-refractivity contribution is 0.575. The summed E-state index contributed by atoms with van der Waals surface area (Å²) in [7, 11) is 0. The molecule has 0 bridgehead atoms. The Morgan fingerprint density at radius 3 is 3.08 bits per heavy atom. The molecule has 4 heteroatoms. The van der Waals surface area contributed by atoms with Gasteiger partial charge in [-0.3, -0.25) is 5.32 Å². The summed E-state index contributed by atoms with van der Waals surface area (Å²) in [4.78, 5) is 0. The van der Waals surface area contributed by atoms with Crippen LogP contribution in [-0.4, -0.2) is 11.5 Å². The Bertz CT molecular complexity index is 320. The molecule has 0 radical (unpaired) electrons. The van der Waals surface area contributed by atoms with E-state index in [1.807, 2.05) is 12.2 Å². The monoisotopic (exact) mass is 279 g/mol. The normalized spacial score (nSPS) is 33.0. The van der Waals surface area contributed by atoms with Crippen molar-refractivity contribution in [3.8, 4) is 0 Å². The maximum Gasteiger partial charge on any atom is 0.103 e. The highest BCUT2D eigenvalue weighted by atomic mass is 79.9. The van der Waals surface area contributed by atoms with Crippen LogP contribution in [0.25, 0.3) is 0 Å². The van der Waals surface area contributed by atoms with Crippen molar-refractivity contribution in [3.05, 3.63) is 33.3 Å². The van der Waals surface area contributed by atoms with E-state index in [4.69, 9.17) is 23.2 Å². The van der Waals surface area contributed by atoms with E-state index in [0.717, 1.165) is 21.5 Å². The molecule has 1 heterocycles. The first-order valence-electron chi connectivity index (χ1n) is 4.02. The molecular weight excluding hydrogens is 273 g/mol. The number of rotatable bonds is 0. The molecule has 0 aromatic carbocycles. The van der Waals surface area contributed by atoms with E-state index in [9.17, 15) is 0 Å². The summed E-state index contributed by atoms with van der Waals surface area (Å²) >= 11 is 15.4. The third-order valence-electron chi connectivity index (χ3n) is 2.15. The number of halogens is 3. The summed E-state index contributed by atoms with van der Waals surface area (Å²) in [5, 5.41) is 4.00. The zero-order valence-corrected chi connectivity index (χ0v) is 9.83. The van der Waals surface area contributed by atoms with E-state index in [2.05, 4.69) is 27.3 Å². The van der Waals surface area contributed by atoms with Crippen LogP contribution in [0.2, 0.25) is 0 Å². The number of allylic oxidation sites excluding steroid dienone is 2. The van der Waals surface area contributed by atoms with Crippen molar-refractivity contribution in [1.82, 2.24) is 5.32 Å². The molecule has 2 atom stereocenters. The fourth-order valence-electron chi connectivity index (χ4n) is 1.52. The second-order valence-corrected chi connectivity index (χ2v) is 4.85. The Labute approximate surface area is 95.6 Å². The average Bonchev–Trinajstić information content (AvgIpc) is 2.06. The van der Waals surface area contributed by atoms with E-state index < -0.39 is 0 Å². The predicted molar refractivity (Wildman–Crippen MR) is 60.2 cm³/mol. The van der Waals surface area contributed by atoms with Crippen molar-refractivity contribution in [3.63, 3.8) is 0 Å². The molecule has 1 nitrogen and oxygen atoms in total. The fraction of sp³-hybridized carbons (Fsp3) is 0.333. The summed E-state index contributed by atoms with van der Waals surface area (Å²) in [5.41, 5.74) is 0.966. The van der Waals surface area contributed by atoms with Crippen molar-refractivity contribution in [1.29, 1.82) is 0 Å². The smallest absolute Gasteiger partial charge is 0.103 e. The highest BCUT2D eigenvalue weighted by Crippen LogP contribution is 2.32. The number of hydrogen-bond donors (Lipinski definition) is 1. The molecule has 1 unspecified atom stereocenters. The Hall–Kier alpha value is 0.240. The van der Waals surface area contributed by atoms with Gasteiger partial charge in [0.1, 0.15) is 5.50 Å². The highest BCUT2D eigenvalue weighted by molar-refractivity contribution is 9.11. The van der Waals surface area contributed by atoms with Gasteiger partial charge in [0.2, 0.25) is 0 Å². The van der Waals surface area contributed by atoms with Crippen LogP contribution >= 0.6 is 39.1 Å². The SMILES string of the molecule is ClC1=CC(Cl)N[C@@H]2CC=C(Br)C=C12. The van der Waals surface area contributed by atoms with Gasteiger partial charge in [-0.25, -0.2) is 0 Å². The van der Waals surface area contributed by atoms with Crippen molar-refractivity contribution >= 4 is 39.1 Å². The van der Waals surface area contributed by atoms with Crippen LogP contribution in [0.4, 0.5) is 0 Å². The summed E-state index contributed by atoms with van der Waals surface area (Å²) in [6.45, 7) is 0. The van der Waals surface area contributed by atoms with Crippen LogP contribution in [0.1, 0.15) is 6.42 Å². The minimum absolute atomic E-state index is 0.153. The summed E-state index contributed by atoms with van der Waals surface area (Å²) in [6, 6.07) is 0.265. The standard InChI is InChI=1S/C9H8BrCl2N/c10-5-1-2-8-6(3-5)7(11)4-9(12)13-8/h1,3-4,8-9,13H,2H2/t8-,9?/m1/s1. The van der Waals surface area contributed by atoms with Crippen LogP contribution in [0, 0.1) is 0 Å². The van der Waals surface area contributed by atoms with Gasteiger partial charge >= 0.3 is 0 Å². The summed E-state index contributed by atoms with van der Waals surface area (Å²) in [6.07, 6.45) is 6.89. The lowest BCUT2D eigenvalue weighted by Gasteiger charge is -2.29. The van der Waals surface area contributed by atoms with Crippen molar-refractivity contribution in [2.24, 2.45) is 0 Å². The Kier molecular flexibility index (Phi) is 2.84. The van der Waals surface area contributed by atoms with Gasteiger partial charge in [0.25, 0.3) is 0 Å². The van der Waals surface area contributed by atoms with Crippen molar-refractivity contribution < 1.29 is 0 Å². The molecular formula is C9H8BrCl2N. The third kappa shape index (κ3) is 2.01. The minimum atomic E-state index is -0.153. The van der Waals surface area contributed by atoms with E-state index in [1.54, 1.807) is 0 Å². The van der Waals surface area contributed by atoms with E-state index in [0.29, 0.717) is 0 Å². The molecule has 1 aliphatic carbocycles. The quantitative estimate of drug-likeness (QED) is 0.531. The van der Waals surface area contributed by atoms with Crippen LogP contribution in [-0.2, 0) is 0 Å². The van der Waals surface area contributed by atoms with Crippen molar-refractivity contribution in [2.45, 2.75) is 18.0 Å². The van der Waals surface area contributed by atoms with Crippen molar-refractivity contribution in [2.75, 3.05) is 0 Å². The Morgan fingerprint density at radius 1 is 1.54 bits per heavy atom. The number of nitrogens with one attached hydrogen (secondary N) is 1. The maximum absolute atomic E-state index is 6.07. The molecule has 70 valence electrons. The molecule has 0 saturated carbocycles. The zero-order valence-electron chi connectivity index (χ0n) is 6.73. The first-order valence-corrected chi connectivity index (χ1v) is 5.62. The van der Waals surface area contributed by atoms with E-state index in [-0.39, 0.29) is 11.5 Å². The molecule has 1 N–H and O–H groups in total. The van der Waals surface area contributed by atoms with Gasteiger partial charge in [-0.2, -0.15) is 0 Å². The first-order chi connectivity index (χ1) is 6.16. The van der Waals surface area contributed by atoms with Crippen LogP contribution in [0.3, 0.4) is 0 Å². The van der Waals surface area contributed by atoms with E-state index in [1.165, 1.54) is 0 Å². The maximum atomic E-state index is 6.07. The topological polar surface area (TPSA) is 12.0 Å². The molecule has 13 heavy (non-hydrogen) atoms. The molecule has 2 rings (SSSR count). The van der Waals surface area contributed by atoms with Crippen LogP contribution in [0.15, 0.2) is 33.3 Å². The Balaban J connectivity index is 2.35. The average molecular weight is 281 g/mol. The van der Waals surface area contributed by atoms with Gasteiger partial charge in [0, 0.05) is 15.6 Å². The van der Waals surface area contributed by atoms with E-state index >= 15 is 0 Å². The second-order valence-electron chi connectivity index (χ2n) is 3.06. The van der Waals surface area contributed by atoms with Gasteiger partial charge in [0.05, 0.1) is 0 Å². The molecule has 2 aliphatic rings. The highest BCUT2D eigenvalue weighted by Gasteiger charge is 2.25. The third-order valence-corrected chi connectivity index (χ3v) is 3.30. The Morgan fingerprint density at radius 2 is 2.31 bits per heavy atom. The molecule has 0 fully saturated rings. The minimum Gasteiger partial charge on any atom is -0.291 e. The summed E-state index contributed by atoms with van der Waals surface area (Å²) in [5.74, 6) is 0. The van der Waals surface area contributed by atoms with Gasteiger partial charge in [-0.15, -0.1) is 11.6 Å². The molecule has 1 aliphatic heterocycles. The first kappa shape index (κ1) is 9.78. The summed E-state index contributed by atoms with van der Waals surface area (Å²) < 4.78 is 1.08. The fourth-order valence-corrected chi connectivity index (χ4v) is 2.61. The zero-order chi connectivity index (χ0) is 9.42. The molecule has 0 saturated heterocycles. The molecule has 0 aromatic heterocycles. The lowest BCUT2D eigenvalue weighted by atomic mass is 9.96. The van der Waals surface area contributed by atoms with Gasteiger partial charge in [0.15, 0.2) is 0 Å². The molecule has 0 aromatic rings.